The summed E-state index contributed by atoms with van der Waals surface area (Å²) in [5, 5.41) is 2.54. The fourth-order valence-electron chi connectivity index (χ4n) is 2.70. The molecule has 100 valence electrons. The highest BCUT2D eigenvalue weighted by Crippen LogP contribution is 2.25. The molecular weight excluding hydrogens is 242 g/mol. The maximum Gasteiger partial charge on any atom is 0.0304 e. The summed E-state index contributed by atoms with van der Waals surface area (Å²) in [5.41, 5.74) is 9.01. The topological polar surface area (TPSA) is 26.0 Å². The normalized spacial score (nSPS) is 12.4. The lowest BCUT2D eigenvalue weighted by atomic mass is 9.95. The van der Waals surface area contributed by atoms with E-state index in [1.807, 2.05) is 6.07 Å². The van der Waals surface area contributed by atoms with Gasteiger partial charge in [-0.15, -0.1) is 0 Å². The van der Waals surface area contributed by atoms with Crippen molar-refractivity contribution in [3.8, 4) is 0 Å². The smallest absolute Gasteiger partial charge is 0.0304 e. The van der Waals surface area contributed by atoms with Crippen molar-refractivity contribution >= 4 is 10.8 Å². The largest absolute Gasteiger partial charge is 0.324 e. The lowest BCUT2D eigenvalue weighted by Gasteiger charge is -2.14. The van der Waals surface area contributed by atoms with Crippen LogP contribution < -0.4 is 5.73 Å². The van der Waals surface area contributed by atoms with Crippen LogP contribution in [0.2, 0.25) is 0 Å². The number of rotatable bonds is 4. The van der Waals surface area contributed by atoms with E-state index in [9.17, 15) is 0 Å². The van der Waals surface area contributed by atoms with E-state index < -0.39 is 0 Å². The van der Waals surface area contributed by atoms with Crippen LogP contribution in [0.3, 0.4) is 0 Å². The van der Waals surface area contributed by atoms with Gasteiger partial charge in [-0.3, -0.25) is 0 Å². The molecule has 0 heterocycles. The van der Waals surface area contributed by atoms with Crippen LogP contribution >= 0.6 is 0 Å². The summed E-state index contributed by atoms with van der Waals surface area (Å²) in [6.45, 7) is 0. The molecule has 20 heavy (non-hydrogen) atoms. The first-order valence-electron chi connectivity index (χ1n) is 7.12. The first-order chi connectivity index (χ1) is 9.84. The lowest BCUT2D eigenvalue weighted by Crippen LogP contribution is -2.11. The van der Waals surface area contributed by atoms with Gasteiger partial charge in [-0.25, -0.2) is 0 Å². The Balaban J connectivity index is 1.80. The average Bonchev–Trinajstić information content (AvgIpc) is 2.53. The first-order valence-corrected chi connectivity index (χ1v) is 7.12. The Hall–Kier alpha value is -2.12. The Bertz CT molecular complexity index is 683. The van der Waals surface area contributed by atoms with E-state index in [2.05, 4.69) is 66.7 Å². The standard InChI is InChI=1S/C19H19N/c20-19(14-13-15-7-2-1-3-8-15)18-12-6-10-16-9-4-5-11-17(16)18/h1-12,19H,13-14,20H2/t19-/m0/s1. The molecular formula is C19H19N. The molecule has 0 unspecified atom stereocenters. The molecule has 3 aromatic carbocycles. The minimum Gasteiger partial charge on any atom is -0.324 e. The SMILES string of the molecule is N[C@@H](CCc1ccccc1)c1cccc2ccccc12. The Labute approximate surface area is 120 Å². The van der Waals surface area contributed by atoms with E-state index in [1.165, 1.54) is 21.9 Å². The van der Waals surface area contributed by atoms with Crippen LogP contribution in [-0.4, -0.2) is 0 Å². The minimum absolute atomic E-state index is 0.0845. The Kier molecular flexibility index (Phi) is 3.80. The maximum absolute atomic E-state index is 6.41. The number of fused-ring (bicyclic) bond motifs is 1. The zero-order valence-corrected chi connectivity index (χ0v) is 11.5. The van der Waals surface area contributed by atoms with Gasteiger partial charge >= 0.3 is 0 Å². The maximum atomic E-state index is 6.41. The molecule has 0 radical (unpaired) electrons. The first kappa shape index (κ1) is 12.9. The second-order valence-electron chi connectivity index (χ2n) is 5.20. The molecule has 3 rings (SSSR count). The van der Waals surface area contributed by atoms with Gasteiger partial charge in [-0.05, 0) is 34.7 Å². The molecule has 0 aliphatic rings. The average molecular weight is 261 g/mol. The van der Waals surface area contributed by atoms with Gasteiger partial charge in [0, 0.05) is 6.04 Å². The minimum atomic E-state index is 0.0845. The Morgan fingerprint density at radius 2 is 1.45 bits per heavy atom. The number of hydrogen-bond acceptors (Lipinski definition) is 1. The lowest BCUT2D eigenvalue weighted by molar-refractivity contribution is 0.656. The van der Waals surface area contributed by atoms with Crippen LogP contribution in [0.5, 0.6) is 0 Å². The van der Waals surface area contributed by atoms with Gasteiger partial charge in [0.2, 0.25) is 0 Å². The van der Waals surface area contributed by atoms with E-state index in [0.29, 0.717) is 0 Å². The van der Waals surface area contributed by atoms with Crippen molar-refractivity contribution < 1.29 is 0 Å². The van der Waals surface area contributed by atoms with Gasteiger partial charge in [0.1, 0.15) is 0 Å². The number of benzene rings is 3. The van der Waals surface area contributed by atoms with Crippen LogP contribution in [-0.2, 0) is 6.42 Å². The number of hydrogen-bond donors (Lipinski definition) is 1. The molecule has 0 spiro atoms. The van der Waals surface area contributed by atoms with Crippen molar-refractivity contribution in [2.24, 2.45) is 5.73 Å². The van der Waals surface area contributed by atoms with Crippen molar-refractivity contribution in [3.63, 3.8) is 0 Å². The predicted octanol–water partition coefficient (Wildman–Crippen LogP) is 4.47. The highest BCUT2D eigenvalue weighted by molar-refractivity contribution is 5.86. The summed E-state index contributed by atoms with van der Waals surface area (Å²) in [6.07, 6.45) is 1.99. The van der Waals surface area contributed by atoms with Gasteiger partial charge in [-0.2, -0.15) is 0 Å². The monoisotopic (exact) mass is 261 g/mol. The van der Waals surface area contributed by atoms with E-state index in [0.717, 1.165) is 12.8 Å². The summed E-state index contributed by atoms with van der Waals surface area (Å²) in [5.74, 6) is 0. The fourth-order valence-corrected chi connectivity index (χ4v) is 2.70. The third kappa shape index (κ3) is 2.73. The Morgan fingerprint density at radius 3 is 2.30 bits per heavy atom. The third-order valence-corrected chi connectivity index (χ3v) is 3.81. The fraction of sp³-hybridized carbons (Fsp3) is 0.158. The third-order valence-electron chi connectivity index (χ3n) is 3.81. The highest BCUT2D eigenvalue weighted by Gasteiger charge is 2.09. The molecule has 0 aliphatic carbocycles. The van der Waals surface area contributed by atoms with Crippen molar-refractivity contribution in [2.45, 2.75) is 18.9 Å². The molecule has 0 aromatic heterocycles. The molecule has 0 saturated carbocycles. The zero-order chi connectivity index (χ0) is 13.8. The van der Waals surface area contributed by atoms with Crippen molar-refractivity contribution in [1.82, 2.24) is 0 Å². The Morgan fingerprint density at radius 1 is 0.750 bits per heavy atom. The molecule has 3 aromatic rings. The summed E-state index contributed by atoms with van der Waals surface area (Å²) in [6, 6.07) is 25.5. The van der Waals surface area contributed by atoms with E-state index >= 15 is 0 Å². The summed E-state index contributed by atoms with van der Waals surface area (Å²) in [4.78, 5) is 0. The van der Waals surface area contributed by atoms with Gasteiger partial charge in [-0.1, -0.05) is 72.8 Å². The van der Waals surface area contributed by atoms with Crippen LogP contribution in [0.4, 0.5) is 0 Å². The van der Waals surface area contributed by atoms with Crippen molar-refractivity contribution in [3.05, 3.63) is 83.9 Å². The van der Waals surface area contributed by atoms with Crippen LogP contribution in [0.1, 0.15) is 23.6 Å². The highest BCUT2D eigenvalue weighted by atomic mass is 14.6. The van der Waals surface area contributed by atoms with Crippen LogP contribution in [0.25, 0.3) is 10.8 Å². The summed E-state index contributed by atoms with van der Waals surface area (Å²) in [7, 11) is 0. The molecule has 0 saturated heterocycles. The number of nitrogens with two attached hydrogens (primary N) is 1. The molecule has 0 aliphatic heterocycles. The van der Waals surface area contributed by atoms with Gasteiger partial charge in [0.25, 0.3) is 0 Å². The van der Waals surface area contributed by atoms with Crippen molar-refractivity contribution in [1.29, 1.82) is 0 Å². The summed E-state index contributed by atoms with van der Waals surface area (Å²) < 4.78 is 0. The molecule has 0 fully saturated rings. The number of aryl methyl sites for hydroxylation is 1. The summed E-state index contributed by atoms with van der Waals surface area (Å²) >= 11 is 0. The van der Waals surface area contributed by atoms with Gasteiger partial charge < -0.3 is 5.73 Å². The second-order valence-corrected chi connectivity index (χ2v) is 5.20. The molecule has 2 N–H and O–H groups in total. The van der Waals surface area contributed by atoms with Crippen molar-refractivity contribution in [2.75, 3.05) is 0 Å². The van der Waals surface area contributed by atoms with Gasteiger partial charge in [0.15, 0.2) is 0 Å². The van der Waals surface area contributed by atoms with Crippen LogP contribution in [0.15, 0.2) is 72.8 Å². The van der Waals surface area contributed by atoms with E-state index in [4.69, 9.17) is 5.73 Å². The molecule has 1 nitrogen and oxygen atoms in total. The molecule has 0 amide bonds. The molecule has 1 atom stereocenters. The van der Waals surface area contributed by atoms with E-state index in [-0.39, 0.29) is 6.04 Å². The second kappa shape index (κ2) is 5.89. The molecule has 0 bridgehead atoms. The molecule has 1 heteroatoms. The van der Waals surface area contributed by atoms with Gasteiger partial charge in [0.05, 0.1) is 0 Å². The predicted molar refractivity (Wildman–Crippen MR) is 85.6 cm³/mol. The quantitative estimate of drug-likeness (QED) is 0.736. The van der Waals surface area contributed by atoms with E-state index in [1.54, 1.807) is 0 Å². The van der Waals surface area contributed by atoms with Crippen LogP contribution in [0, 0.1) is 0 Å². The zero-order valence-electron chi connectivity index (χ0n) is 11.5.